The third-order valence-corrected chi connectivity index (χ3v) is 4.90. The summed E-state index contributed by atoms with van der Waals surface area (Å²) in [6.07, 6.45) is 0.490. The number of nitrogens with zero attached hydrogens (tertiary/aromatic N) is 2. The molecule has 128 valence electrons. The number of hydrogen-bond donors (Lipinski definition) is 1. The zero-order valence-electron chi connectivity index (χ0n) is 13.9. The van der Waals surface area contributed by atoms with Crippen LogP contribution in [0.5, 0.6) is 0 Å². The third-order valence-electron chi connectivity index (χ3n) is 3.96. The molecule has 0 radical (unpaired) electrons. The third kappa shape index (κ3) is 4.41. The van der Waals surface area contributed by atoms with Gasteiger partial charge in [-0.05, 0) is 25.5 Å². The summed E-state index contributed by atoms with van der Waals surface area (Å²) in [5.74, 6) is -0.851. The summed E-state index contributed by atoms with van der Waals surface area (Å²) in [6.45, 7) is 6.99. The minimum Gasteiger partial charge on any atom is -0.481 e. The van der Waals surface area contributed by atoms with Crippen LogP contribution in [0.2, 0.25) is 0 Å². The Hall–Kier alpha value is -1.76. The van der Waals surface area contributed by atoms with Crippen LogP contribution in [0.15, 0.2) is 29.6 Å². The smallest absolute Gasteiger partial charge is 0.309 e. The van der Waals surface area contributed by atoms with E-state index in [1.165, 1.54) is 16.9 Å². The Balaban J connectivity index is 1.72. The Morgan fingerprint density at radius 1 is 1.38 bits per heavy atom. The maximum atomic E-state index is 10.8. The predicted molar refractivity (Wildman–Crippen MR) is 94.2 cm³/mol. The molecule has 0 bridgehead atoms. The van der Waals surface area contributed by atoms with Crippen molar-refractivity contribution in [1.82, 2.24) is 9.88 Å². The van der Waals surface area contributed by atoms with Crippen LogP contribution in [0.25, 0.3) is 10.6 Å². The van der Waals surface area contributed by atoms with E-state index < -0.39 is 5.97 Å². The first kappa shape index (κ1) is 17.1. The topological polar surface area (TPSA) is 62.7 Å². The highest BCUT2D eigenvalue weighted by Crippen LogP contribution is 2.25. The minimum absolute atomic E-state index is 0.0280. The number of morpholine rings is 1. The zero-order chi connectivity index (χ0) is 17.1. The van der Waals surface area contributed by atoms with Crippen LogP contribution in [-0.4, -0.2) is 46.3 Å². The highest BCUT2D eigenvalue weighted by molar-refractivity contribution is 7.13. The molecule has 0 amide bonds. The van der Waals surface area contributed by atoms with Crippen molar-refractivity contribution in [3.63, 3.8) is 0 Å². The van der Waals surface area contributed by atoms with Gasteiger partial charge in [0.1, 0.15) is 5.01 Å². The van der Waals surface area contributed by atoms with E-state index in [9.17, 15) is 4.79 Å². The van der Waals surface area contributed by atoms with Gasteiger partial charge in [-0.1, -0.05) is 18.2 Å². The molecule has 2 unspecified atom stereocenters. The van der Waals surface area contributed by atoms with Gasteiger partial charge in [-0.3, -0.25) is 9.69 Å². The molecular formula is C18H22N2O3S. The first-order valence-electron chi connectivity index (χ1n) is 8.13. The SMILES string of the molecule is CC1CN(Cc2cccc(-c3nc(CC(=O)O)cs3)c2)CC(C)O1. The maximum Gasteiger partial charge on any atom is 0.309 e. The number of rotatable bonds is 5. The summed E-state index contributed by atoms with van der Waals surface area (Å²) in [5, 5.41) is 11.6. The van der Waals surface area contributed by atoms with Crippen molar-refractivity contribution in [3.8, 4) is 10.6 Å². The average Bonchev–Trinajstić information content (AvgIpc) is 2.94. The molecule has 1 fully saturated rings. The van der Waals surface area contributed by atoms with E-state index in [2.05, 4.69) is 35.9 Å². The molecule has 2 heterocycles. The number of carboxylic acid groups (broad SMARTS) is 1. The number of benzene rings is 1. The van der Waals surface area contributed by atoms with E-state index in [0.29, 0.717) is 5.69 Å². The summed E-state index contributed by atoms with van der Waals surface area (Å²) in [6, 6.07) is 8.34. The van der Waals surface area contributed by atoms with Gasteiger partial charge in [0.2, 0.25) is 0 Å². The first-order chi connectivity index (χ1) is 11.5. The fourth-order valence-corrected chi connectivity index (χ4v) is 3.97. The summed E-state index contributed by atoms with van der Waals surface area (Å²) in [5.41, 5.74) is 2.90. The Morgan fingerprint density at radius 2 is 2.12 bits per heavy atom. The molecule has 0 saturated carbocycles. The summed E-state index contributed by atoms with van der Waals surface area (Å²) in [4.78, 5) is 17.6. The number of aromatic nitrogens is 1. The normalized spacial score (nSPS) is 21.8. The quantitative estimate of drug-likeness (QED) is 0.901. The van der Waals surface area contributed by atoms with Crippen LogP contribution in [0.3, 0.4) is 0 Å². The van der Waals surface area contributed by atoms with Gasteiger partial charge in [-0.25, -0.2) is 4.98 Å². The summed E-state index contributed by atoms with van der Waals surface area (Å²) in [7, 11) is 0. The largest absolute Gasteiger partial charge is 0.481 e. The van der Waals surface area contributed by atoms with Crippen LogP contribution in [0.4, 0.5) is 0 Å². The van der Waals surface area contributed by atoms with Gasteiger partial charge < -0.3 is 9.84 Å². The van der Waals surface area contributed by atoms with Gasteiger partial charge >= 0.3 is 5.97 Å². The van der Waals surface area contributed by atoms with Crippen molar-refractivity contribution in [3.05, 3.63) is 40.9 Å². The standard InChI is InChI=1S/C18H22N2O3S/c1-12-8-20(9-13(2)23-12)10-14-4-3-5-15(6-14)18-19-16(11-24-18)7-17(21)22/h3-6,11-13H,7-10H2,1-2H3,(H,21,22). The van der Waals surface area contributed by atoms with Gasteiger partial charge in [-0.15, -0.1) is 11.3 Å². The second-order valence-electron chi connectivity index (χ2n) is 6.37. The molecule has 1 aromatic carbocycles. The van der Waals surface area contributed by atoms with Crippen molar-refractivity contribution in [2.75, 3.05) is 13.1 Å². The van der Waals surface area contributed by atoms with E-state index in [4.69, 9.17) is 9.84 Å². The van der Waals surface area contributed by atoms with Crippen molar-refractivity contribution < 1.29 is 14.6 Å². The monoisotopic (exact) mass is 346 g/mol. The molecule has 2 aromatic rings. The maximum absolute atomic E-state index is 10.8. The molecule has 24 heavy (non-hydrogen) atoms. The predicted octanol–water partition coefficient (Wildman–Crippen LogP) is 3.05. The van der Waals surface area contributed by atoms with Crippen LogP contribution in [0, 0.1) is 0 Å². The average molecular weight is 346 g/mol. The lowest BCUT2D eigenvalue weighted by Gasteiger charge is -2.35. The molecule has 1 aliphatic rings. The lowest BCUT2D eigenvalue weighted by Crippen LogP contribution is -2.44. The summed E-state index contributed by atoms with van der Waals surface area (Å²) >= 11 is 1.49. The molecule has 5 nitrogen and oxygen atoms in total. The Kier molecular flexibility index (Phi) is 5.28. The van der Waals surface area contributed by atoms with Gasteiger partial charge in [-0.2, -0.15) is 0 Å². The number of thiazole rings is 1. The molecule has 1 N–H and O–H groups in total. The van der Waals surface area contributed by atoms with Gasteiger partial charge in [0.15, 0.2) is 0 Å². The lowest BCUT2D eigenvalue weighted by molar-refractivity contribution is -0.136. The van der Waals surface area contributed by atoms with E-state index in [1.54, 1.807) is 0 Å². The molecule has 2 atom stereocenters. The molecule has 1 saturated heterocycles. The van der Waals surface area contributed by atoms with Crippen LogP contribution >= 0.6 is 11.3 Å². The van der Waals surface area contributed by atoms with Crippen molar-refractivity contribution in [1.29, 1.82) is 0 Å². The molecular weight excluding hydrogens is 324 g/mol. The molecule has 0 spiro atoms. The highest BCUT2D eigenvalue weighted by atomic mass is 32.1. The van der Waals surface area contributed by atoms with Crippen LogP contribution in [-0.2, 0) is 22.5 Å². The van der Waals surface area contributed by atoms with E-state index in [0.717, 1.165) is 30.2 Å². The molecule has 1 aliphatic heterocycles. The summed E-state index contributed by atoms with van der Waals surface area (Å²) < 4.78 is 5.78. The number of carboxylic acids is 1. The lowest BCUT2D eigenvalue weighted by atomic mass is 10.1. The van der Waals surface area contributed by atoms with E-state index in [1.807, 2.05) is 17.5 Å². The zero-order valence-corrected chi connectivity index (χ0v) is 14.8. The number of hydrogen-bond acceptors (Lipinski definition) is 5. The Bertz CT molecular complexity index is 706. The van der Waals surface area contributed by atoms with E-state index >= 15 is 0 Å². The molecule has 0 aliphatic carbocycles. The van der Waals surface area contributed by atoms with Gasteiger partial charge in [0.25, 0.3) is 0 Å². The number of carbonyl (C=O) groups is 1. The van der Waals surface area contributed by atoms with Crippen molar-refractivity contribution >= 4 is 17.3 Å². The highest BCUT2D eigenvalue weighted by Gasteiger charge is 2.22. The first-order valence-corrected chi connectivity index (χ1v) is 9.01. The fraction of sp³-hybridized carbons (Fsp3) is 0.444. The van der Waals surface area contributed by atoms with Crippen molar-refractivity contribution in [2.24, 2.45) is 0 Å². The van der Waals surface area contributed by atoms with Gasteiger partial charge in [0.05, 0.1) is 24.3 Å². The van der Waals surface area contributed by atoms with Crippen LogP contribution in [0.1, 0.15) is 25.1 Å². The fourth-order valence-electron chi connectivity index (χ4n) is 3.15. The number of ether oxygens (including phenoxy) is 1. The second kappa shape index (κ2) is 7.42. The molecule has 1 aromatic heterocycles. The van der Waals surface area contributed by atoms with Crippen molar-refractivity contribution in [2.45, 2.75) is 39.0 Å². The van der Waals surface area contributed by atoms with Crippen LogP contribution < -0.4 is 0 Å². The Labute approximate surface area is 145 Å². The second-order valence-corrected chi connectivity index (χ2v) is 7.22. The van der Waals surface area contributed by atoms with E-state index in [-0.39, 0.29) is 18.6 Å². The molecule has 3 rings (SSSR count). The minimum atomic E-state index is -0.851. The molecule has 6 heteroatoms. The Morgan fingerprint density at radius 3 is 2.83 bits per heavy atom. The van der Waals surface area contributed by atoms with Gasteiger partial charge in [0, 0.05) is 30.6 Å². The number of aliphatic carboxylic acids is 1.